The molecule has 43 heavy (non-hydrogen) atoms. The van der Waals surface area contributed by atoms with E-state index in [2.05, 4.69) is 51.7 Å². The fourth-order valence-electron chi connectivity index (χ4n) is 5.30. The fraction of sp³-hybridized carbons (Fsp3) is 0.294. The van der Waals surface area contributed by atoms with Crippen molar-refractivity contribution in [3.8, 4) is 17.1 Å². The highest BCUT2D eigenvalue weighted by Gasteiger charge is 2.33. The molecule has 1 atom stereocenters. The van der Waals surface area contributed by atoms with Crippen LogP contribution in [-0.4, -0.2) is 40.0 Å². The minimum absolute atomic E-state index is 0.233. The summed E-state index contributed by atoms with van der Waals surface area (Å²) in [6, 6.07) is 23.2. The van der Waals surface area contributed by atoms with Gasteiger partial charge >= 0.3 is 0 Å². The smallest absolute Gasteiger partial charge is 0.138 e. The van der Waals surface area contributed by atoms with Gasteiger partial charge in [0.25, 0.3) is 0 Å². The molecule has 5 aromatic rings. The molecule has 0 spiro atoms. The van der Waals surface area contributed by atoms with Crippen molar-refractivity contribution < 1.29 is 13.5 Å². The molecule has 0 bridgehead atoms. The Hall–Kier alpha value is -3.59. The highest BCUT2D eigenvalue weighted by Crippen LogP contribution is 2.38. The van der Waals surface area contributed by atoms with E-state index in [-0.39, 0.29) is 18.5 Å². The Morgan fingerprint density at radius 2 is 1.95 bits per heavy atom. The number of ether oxygens (including phenoxy) is 1. The molecule has 6 rings (SSSR count). The minimum atomic E-state index is -0.293. The van der Waals surface area contributed by atoms with Crippen LogP contribution in [0.15, 0.2) is 83.5 Å². The van der Waals surface area contributed by atoms with Gasteiger partial charge in [-0.3, -0.25) is 4.90 Å². The molecule has 1 N–H and O–H groups in total. The largest absolute Gasteiger partial charge is 0.487 e. The van der Waals surface area contributed by atoms with E-state index in [1.807, 2.05) is 48.2 Å². The summed E-state index contributed by atoms with van der Waals surface area (Å²) in [7, 11) is 2.22. The summed E-state index contributed by atoms with van der Waals surface area (Å²) in [5.41, 5.74) is 3.54. The van der Waals surface area contributed by atoms with Crippen molar-refractivity contribution in [2.24, 2.45) is 0 Å². The summed E-state index contributed by atoms with van der Waals surface area (Å²) in [5.74, 6) is 3.93. The zero-order valence-electron chi connectivity index (χ0n) is 24.2. The van der Waals surface area contributed by atoms with Gasteiger partial charge in [0, 0.05) is 23.5 Å². The van der Waals surface area contributed by atoms with Crippen LogP contribution in [0.2, 0.25) is 5.02 Å². The van der Waals surface area contributed by atoms with E-state index < -0.39 is 0 Å². The van der Waals surface area contributed by atoms with Gasteiger partial charge in [0.1, 0.15) is 41.8 Å². The molecule has 3 aromatic carbocycles. The summed E-state index contributed by atoms with van der Waals surface area (Å²) in [6.45, 7) is 0.743. The predicted octanol–water partition coefficient (Wildman–Crippen LogP) is 8.76. The van der Waals surface area contributed by atoms with Gasteiger partial charge in [-0.05, 0) is 104 Å². The number of nitrogens with one attached hydrogen (secondary N) is 1. The van der Waals surface area contributed by atoms with Gasteiger partial charge in [0.15, 0.2) is 0 Å². The number of hydrogen-bond donors (Lipinski definition) is 1. The molecule has 9 heteroatoms. The second-order valence-electron chi connectivity index (χ2n) is 10.9. The number of fused-ring (bicyclic) bond motifs is 1. The van der Waals surface area contributed by atoms with Gasteiger partial charge in [-0.1, -0.05) is 29.8 Å². The highest BCUT2D eigenvalue weighted by atomic mass is 35.5. The molecule has 1 aliphatic rings. The Morgan fingerprint density at radius 3 is 2.74 bits per heavy atom. The van der Waals surface area contributed by atoms with Crippen LogP contribution in [0.3, 0.4) is 0 Å². The number of rotatable bonds is 13. The number of benzene rings is 3. The van der Waals surface area contributed by atoms with Gasteiger partial charge in [-0.2, -0.15) is 11.8 Å². The molecule has 1 saturated carbocycles. The highest BCUT2D eigenvalue weighted by molar-refractivity contribution is 7.98. The zero-order chi connectivity index (χ0) is 29.8. The normalized spacial score (nSPS) is 13.9. The average Bonchev–Trinajstić information content (AvgIpc) is 3.76. The number of halogens is 2. The Morgan fingerprint density at radius 1 is 1.07 bits per heavy atom. The maximum atomic E-state index is 13.5. The van der Waals surface area contributed by atoms with E-state index in [0.717, 1.165) is 57.1 Å². The molecule has 0 amide bonds. The average molecular weight is 617 g/mol. The molecular formula is C34H34ClFN4O2S. The number of anilines is 1. The first kappa shape index (κ1) is 29.5. The first-order valence-corrected chi connectivity index (χ1v) is 16.2. The molecule has 1 fully saturated rings. The molecule has 2 heterocycles. The molecular weight excluding hydrogens is 583 g/mol. The maximum Gasteiger partial charge on any atom is 0.138 e. The molecule has 222 valence electrons. The van der Waals surface area contributed by atoms with Gasteiger partial charge in [0.2, 0.25) is 0 Å². The van der Waals surface area contributed by atoms with Crippen molar-refractivity contribution in [1.29, 1.82) is 0 Å². The first-order chi connectivity index (χ1) is 21.0. The van der Waals surface area contributed by atoms with Crippen LogP contribution in [-0.2, 0) is 13.2 Å². The lowest BCUT2D eigenvalue weighted by Crippen LogP contribution is -2.27. The Labute approximate surface area is 260 Å². The van der Waals surface area contributed by atoms with E-state index in [9.17, 15) is 4.39 Å². The molecule has 0 aliphatic heterocycles. The molecule has 6 nitrogen and oxygen atoms in total. The zero-order valence-corrected chi connectivity index (χ0v) is 25.8. The van der Waals surface area contributed by atoms with E-state index in [1.54, 1.807) is 12.4 Å². The Bertz CT molecular complexity index is 1710. The molecule has 1 unspecified atom stereocenters. The van der Waals surface area contributed by atoms with Crippen molar-refractivity contribution in [2.45, 2.75) is 44.5 Å². The topological polar surface area (TPSA) is 63.4 Å². The quantitative estimate of drug-likeness (QED) is 0.142. The third-order valence-electron chi connectivity index (χ3n) is 7.82. The van der Waals surface area contributed by atoms with Crippen LogP contribution in [0.1, 0.15) is 42.2 Å². The predicted molar refractivity (Wildman–Crippen MR) is 173 cm³/mol. The van der Waals surface area contributed by atoms with Gasteiger partial charge in [0.05, 0.1) is 16.6 Å². The van der Waals surface area contributed by atoms with Crippen molar-refractivity contribution in [2.75, 3.05) is 24.4 Å². The van der Waals surface area contributed by atoms with Gasteiger partial charge in [-0.15, -0.1) is 0 Å². The third-order valence-corrected chi connectivity index (χ3v) is 8.76. The van der Waals surface area contributed by atoms with E-state index in [1.165, 1.54) is 25.0 Å². The second kappa shape index (κ2) is 13.4. The van der Waals surface area contributed by atoms with Crippen LogP contribution in [0.4, 0.5) is 10.2 Å². The first-order valence-electron chi connectivity index (χ1n) is 14.4. The standard InChI is InChI=1S/C34H34ClFN4O2S/c1-40(26-8-9-26)30(14-15-43-2)33-13-12-31(42-33)24-7-10-29-27(18-24)34(39-21-38-29)37-19-22-6-11-32(28(35)17-22)41-20-23-4-3-5-25(36)16-23/h3-7,10-13,16-18,21,26,30H,8-9,14-15,19-20H2,1-2H3,(H,37,38,39). The number of nitrogens with zero attached hydrogens (tertiary/aromatic N) is 3. The van der Waals surface area contributed by atoms with E-state index >= 15 is 0 Å². The van der Waals surface area contributed by atoms with Crippen molar-refractivity contribution >= 4 is 40.1 Å². The second-order valence-corrected chi connectivity index (χ2v) is 12.3. The van der Waals surface area contributed by atoms with E-state index in [0.29, 0.717) is 23.4 Å². The van der Waals surface area contributed by atoms with E-state index in [4.69, 9.17) is 20.8 Å². The third kappa shape index (κ3) is 7.15. The number of furan rings is 1. The Balaban J connectivity index is 1.16. The summed E-state index contributed by atoms with van der Waals surface area (Å²) >= 11 is 8.39. The minimum Gasteiger partial charge on any atom is -0.487 e. The van der Waals surface area contributed by atoms with Gasteiger partial charge < -0.3 is 14.5 Å². The fourth-order valence-corrected chi connectivity index (χ4v) is 6.01. The SMILES string of the molecule is CSCCC(c1ccc(-c2ccc3ncnc(NCc4ccc(OCc5cccc(F)c5)c(Cl)c4)c3c2)o1)N(C)C1CC1. The molecule has 0 saturated heterocycles. The number of aromatic nitrogens is 2. The monoisotopic (exact) mass is 616 g/mol. The molecule has 0 radical (unpaired) electrons. The summed E-state index contributed by atoms with van der Waals surface area (Å²) in [5, 5.41) is 4.84. The summed E-state index contributed by atoms with van der Waals surface area (Å²) < 4.78 is 25.8. The van der Waals surface area contributed by atoms with Crippen molar-refractivity contribution in [3.05, 3.63) is 107 Å². The molecule has 2 aromatic heterocycles. The van der Waals surface area contributed by atoms with Gasteiger partial charge in [-0.25, -0.2) is 14.4 Å². The van der Waals surface area contributed by atoms with Crippen molar-refractivity contribution in [3.63, 3.8) is 0 Å². The maximum absolute atomic E-state index is 13.5. The van der Waals surface area contributed by atoms with Crippen LogP contribution in [0.25, 0.3) is 22.2 Å². The van der Waals surface area contributed by atoms with Crippen LogP contribution in [0, 0.1) is 5.82 Å². The lowest BCUT2D eigenvalue weighted by Gasteiger charge is -2.26. The van der Waals surface area contributed by atoms with Crippen LogP contribution in [0.5, 0.6) is 5.75 Å². The van der Waals surface area contributed by atoms with Crippen LogP contribution < -0.4 is 10.1 Å². The van der Waals surface area contributed by atoms with Crippen molar-refractivity contribution in [1.82, 2.24) is 14.9 Å². The number of hydrogen-bond acceptors (Lipinski definition) is 7. The lowest BCUT2D eigenvalue weighted by molar-refractivity contribution is 0.203. The van der Waals surface area contributed by atoms with Crippen LogP contribution >= 0.6 is 23.4 Å². The summed E-state index contributed by atoms with van der Waals surface area (Å²) in [6.07, 6.45) is 7.31. The Kier molecular flexibility index (Phi) is 9.17. The summed E-state index contributed by atoms with van der Waals surface area (Å²) in [4.78, 5) is 11.5. The number of thioether (sulfide) groups is 1. The lowest BCUT2D eigenvalue weighted by atomic mass is 10.1. The molecule has 1 aliphatic carbocycles.